The molecule has 0 atom stereocenters. The van der Waals surface area contributed by atoms with Crippen molar-refractivity contribution in [2.75, 3.05) is 0 Å². The van der Waals surface area contributed by atoms with Crippen LogP contribution in [0.25, 0.3) is 5.82 Å². The Kier molecular flexibility index (Phi) is 2.55. The van der Waals surface area contributed by atoms with Crippen molar-refractivity contribution in [2.24, 2.45) is 0 Å². The number of hydrogen-bond acceptors (Lipinski definition) is 4. The van der Waals surface area contributed by atoms with Crippen LogP contribution in [0.4, 0.5) is 0 Å². The Hall–Kier alpha value is -1.27. The van der Waals surface area contributed by atoms with Gasteiger partial charge in [0.1, 0.15) is 0 Å². The van der Waals surface area contributed by atoms with E-state index in [0.29, 0.717) is 11.5 Å². The summed E-state index contributed by atoms with van der Waals surface area (Å²) in [5.41, 5.74) is 0.522. The molecule has 6 heteroatoms. The molecule has 2 aromatic rings. The summed E-state index contributed by atoms with van der Waals surface area (Å²) in [6.45, 7) is -0.122. The minimum atomic E-state index is -0.122. The predicted octanol–water partition coefficient (Wildman–Crippen LogP) is 0.917. The third kappa shape index (κ3) is 1.80. The Labute approximate surface area is 88.6 Å². The molecule has 14 heavy (non-hydrogen) atoms. The second-order valence-electron chi connectivity index (χ2n) is 2.63. The van der Waals surface area contributed by atoms with E-state index in [1.807, 2.05) is 0 Å². The van der Waals surface area contributed by atoms with Gasteiger partial charge in [-0.2, -0.15) is 5.10 Å². The van der Waals surface area contributed by atoms with Crippen molar-refractivity contribution in [1.82, 2.24) is 19.7 Å². The highest BCUT2D eigenvalue weighted by atomic mass is 79.9. The second kappa shape index (κ2) is 3.85. The fraction of sp³-hybridized carbons (Fsp3) is 0.125. The Balaban J connectivity index is 2.41. The van der Waals surface area contributed by atoms with Crippen molar-refractivity contribution >= 4 is 15.9 Å². The molecule has 0 fully saturated rings. The lowest BCUT2D eigenvalue weighted by Gasteiger charge is -2.00. The van der Waals surface area contributed by atoms with Crippen LogP contribution in [0.3, 0.4) is 0 Å². The van der Waals surface area contributed by atoms with Gasteiger partial charge in [-0.1, -0.05) is 0 Å². The van der Waals surface area contributed by atoms with Crippen molar-refractivity contribution < 1.29 is 5.11 Å². The molecule has 0 bridgehead atoms. The summed E-state index contributed by atoms with van der Waals surface area (Å²) in [5.74, 6) is 0.585. The minimum Gasteiger partial charge on any atom is -0.390 e. The van der Waals surface area contributed by atoms with Crippen LogP contribution in [0.15, 0.2) is 29.3 Å². The first kappa shape index (κ1) is 9.29. The first-order valence-corrected chi connectivity index (χ1v) is 4.71. The number of nitrogens with zero attached hydrogens (tertiary/aromatic N) is 4. The van der Waals surface area contributed by atoms with Gasteiger partial charge in [-0.05, 0) is 15.9 Å². The summed E-state index contributed by atoms with van der Waals surface area (Å²) in [6, 6.07) is 0. The quantitative estimate of drug-likeness (QED) is 0.866. The van der Waals surface area contributed by atoms with Crippen LogP contribution < -0.4 is 0 Å². The SMILES string of the molecule is OCc1cncc(-n2cc(Br)cn2)n1. The summed E-state index contributed by atoms with van der Waals surface area (Å²) < 4.78 is 2.45. The second-order valence-corrected chi connectivity index (χ2v) is 3.55. The largest absolute Gasteiger partial charge is 0.390 e. The molecule has 2 rings (SSSR count). The Morgan fingerprint density at radius 2 is 2.21 bits per heavy atom. The zero-order valence-electron chi connectivity index (χ0n) is 7.13. The Morgan fingerprint density at radius 1 is 1.36 bits per heavy atom. The maximum atomic E-state index is 8.87. The van der Waals surface area contributed by atoms with Crippen LogP contribution in [-0.2, 0) is 6.61 Å². The van der Waals surface area contributed by atoms with Crippen molar-refractivity contribution in [3.05, 3.63) is 35.0 Å². The van der Waals surface area contributed by atoms with E-state index in [1.54, 1.807) is 23.3 Å². The molecule has 0 aliphatic carbocycles. The molecule has 0 saturated carbocycles. The van der Waals surface area contributed by atoms with Gasteiger partial charge in [-0.15, -0.1) is 0 Å². The van der Waals surface area contributed by atoms with Gasteiger partial charge in [0.25, 0.3) is 0 Å². The molecule has 0 amide bonds. The van der Waals surface area contributed by atoms with Crippen LogP contribution >= 0.6 is 15.9 Å². The average Bonchev–Trinajstić information content (AvgIpc) is 2.65. The minimum absolute atomic E-state index is 0.122. The summed E-state index contributed by atoms with van der Waals surface area (Å²) in [6.07, 6.45) is 6.53. The lowest BCUT2D eigenvalue weighted by Crippen LogP contribution is -2.01. The summed E-state index contributed by atoms with van der Waals surface area (Å²) in [5, 5.41) is 12.9. The Morgan fingerprint density at radius 3 is 2.86 bits per heavy atom. The van der Waals surface area contributed by atoms with Crippen molar-refractivity contribution in [2.45, 2.75) is 6.61 Å². The van der Waals surface area contributed by atoms with E-state index in [-0.39, 0.29) is 6.61 Å². The van der Waals surface area contributed by atoms with Gasteiger partial charge in [0.2, 0.25) is 0 Å². The van der Waals surface area contributed by atoms with Crippen LogP contribution in [0.5, 0.6) is 0 Å². The highest BCUT2D eigenvalue weighted by molar-refractivity contribution is 9.10. The molecule has 0 unspecified atom stereocenters. The fourth-order valence-electron chi connectivity index (χ4n) is 1.01. The van der Waals surface area contributed by atoms with E-state index in [9.17, 15) is 0 Å². The third-order valence-electron chi connectivity index (χ3n) is 1.62. The maximum absolute atomic E-state index is 8.87. The van der Waals surface area contributed by atoms with Crippen molar-refractivity contribution in [3.8, 4) is 5.82 Å². The van der Waals surface area contributed by atoms with Crippen molar-refractivity contribution in [3.63, 3.8) is 0 Å². The molecule has 5 nitrogen and oxygen atoms in total. The lowest BCUT2D eigenvalue weighted by molar-refractivity contribution is 0.276. The molecule has 2 aromatic heterocycles. The molecule has 0 radical (unpaired) electrons. The zero-order valence-corrected chi connectivity index (χ0v) is 8.72. The van der Waals surface area contributed by atoms with E-state index in [0.717, 1.165) is 4.47 Å². The van der Waals surface area contributed by atoms with Gasteiger partial charge in [-0.3, -0.25) is 4.98 Å². The molecule has 1 N–H and O–H groups in total. The van der Waals surface area contributed by atoms with E-state index in [4.69, 9.17) is 5.11 Å². The zero-order chi connectivity index (χ0) is 9.97. The Bertz CT molecular complexity index is 442. The van der Waals surface area contributed by atoms with E-state index >= 15 is 0 Å². The monoisotopic (exact) mass is 254 g/mol. The molecule has 72 valence electrons. The number of aliphatic hydroxyl groups is 1. The van der Waals surface area contributed by atoms with E-state index in [2.05, 4.69) is 31.0 Å². The van der Waals surface area contributed by atoms with E-state index in [1.165, 1.54) is 6.20 Å². The normalized spacial score (nSPS) is 10.4. The number of aromatic nitrogens is 4. The predicted molar refractivity (Wildman–Crippen MR) is 52.8 cm³/mol. The van der Waals surface area contributed by atoms with Crippen LogP contribution in [0.2, 0.25) is 0 Å². The van der Waals surface area contributed by atoms with Crippen LogP contribution in [0, 0.1) is 0 Å². The molecule has 0 saturated heterocycles. The third-order valence-corrected chi connectivity index (χ3v) is 2.03. The highest BCUT2D eigenvalue weighted by Gasteiger charge is 2.01. The van der Waals surface area contributed by atoms with Gasteiger partial charge in [0.15, 0.2) is 5.82 Å². The molecular weight excluding hydrogens is 248 g/mol. The standard InChI is InChI=1S/C8H7BrN4O/c9-6-1-11-13(4-6)8-3-10-2-7(5-14)12-8/h1-4,14H,5H2. The van der Waals surface area contributed by atoms with Gasteiger partial charge in [0.05, 0.1) is 35.4 Å². The lowest BCUT2D eigenvalue weighted by atomic mass is 10.5. The number of aliphatic hydroxyl groups excluding tert-OH is 1. The summed E-state index contributed by atoms with van der Waals surface area (Å²) >= 11 is 3.28. The average molecular weight is 255 g/mol. The molecule has 2 heterocycles. The first-order valence-electron chi connectivity index (χ1n) is 3.92. The fourth-order valence-corrected chi connectivity index (χ4v) is 1.29. The number of halogens is 1. The van der Waals surface area contributed by atoms with Gasteiger partial charge < -0.3 is 5.11 Å². The van der Waals surface area contributed by atoms with Gasteiger partial charge >= 0.3 is 0 Å². The van der Waals surface area contributed by atoms with Crippen LogP contribution in [0.1, 0.15) is 5.69 Å². The number of hydrogen-bond donors (Lipinski definition) is 1. The first-order chi connectivity index (χ1) is 6.79. The van der Waals surface area contributed by atoms with E-state index < -0.39 is 0 Å². The molecular formula is C8H7BrN4O. The van der Waals surface area contributed by atoms with Crippen LogP contribution in [-0.4, -0.2) is 24.9 Å². The smallest absolute Gasteiger partial charge is 0.172 e. The summed E-state index contributed by atoms with van der Waals surface area (Å²) in [4.78, 5) is 8.08. The van der Waals surface area contributed by atoms with Gasteiger partial charge in [0, 0.05) is 6.20 Å². The molecule has 0 aliphatic rings. The summed E-state index contributed by atoms with van der Waals surface area (Å²) in [7, 11) is 0. The molecule has 0 spiro atoms. The molecule has 0 aromatic carbocycles. The van der Waals surface area contributed by atoms with Crippen molar-refractivity contribution in [1.29, 1.82) is 0 Å². The maximum Gasteiger partial charge on any atom is 0.172 e. The number of rotatable bonds is 2. The topological polar surface area (TPSA) is 63.8 Å². The van der Waals surface area contributed by atoms with Gasteiger partial charge in [-0.25, -0.2) is 9.67 Å². The highest BCUT2D eigenvalue weighted by Crippen LogP contribution is 2.10. The molecule has 0 aliphatic heterocycles.